The maximum Gasteiger partial charge on any atom is 0.353 e. The number of hydrogen-bond acceptors (Lipinski definition) is 5. The third kappa shape index (κ3) is 4.56. The molecule has 0 aliphatic rings. The molecular weight excluding hydrogens is 344 g/mol. The minimum Gasteiger partial charge on any atom is -0.463 e. The highest BCUT2D eigenvalue weighted by Crippen LogP contribution is 2.46. The van der Waals surface area contributed by atoms with Crippen molar-refractivity contribution in [3.05, 3.63) is 29.0 Å². The number of ether oxygens (including phenoxy) is 1. The predicted octanol–water partition coefficient (Wildman–Crippen LogP) is 3.34. The van der Waals surface area contributed by atoms with Gasteiger partial charge in [0.2, 0.25) is 5.72 Å². The SMILES string of the molecule is CCOC(=O)C(NC)(O[SiH](C)C)C(c1cccnc1Cl)C(C)(C)C. The van der Waals surface area contributed by atoms with Crippen molar-refractivity contribution in [1.82, 2.24) is 10.3 Å². The number of nitrogens with zero attached hydrogens (tertiary/aromatic N) is 1. The molecule has 0 fully saturated rings. The summed E-state index contributed by atoms with van der Waals surface area (Å²) in [5.41, 5.74) is -0.865. The van der Waals surface area contributed by atoms with Crippen LogP contribution in [0.2, 0.25) is 18.2 Å². The van der Waals surface area contributed by atoms with Crippen molar-refractivity contribution in [2.75, 3.05) is 13.7 Å². The minimum atomic E-state index is -1.59. The third-order valence-corrected chi connectivity index (χ3v) is 4.90. The minimum absolute atomic E-state index is 0.281. The van der Waals surface area contributed by atoms with Gasteiger partial charge in [-0.15, -0.1) is 0 Å². The van der Waals surface area contributed by atoms with Gasteiger partial charge >= 0.3 is 5.97 Å². The van der Waals surface area contributed by atoms with Gasteiger partial charge in [-0.05, 0) is 44.1 Å². The molecule has 0 radical (unpaired) electrons. The van der Waals surface area contributed by atoms with Crippen molar-refractivity contribution in [3.63, 3.8) is 0 Å². The molecule has 2 unspecified atom stereocenters. The van der Waals surface area contributed by atoms with Crippen LogP contribution in [0.15, 0.2) is 18.3 Å². The van der Waals surface area contributed by atoms with Crippen LogP contribution in [0.3, 0.4) is 0 Å². The number of likely N-dealkylation sites (N-methyl/N-ethyl adjacent to an activating group) is 1. The Morgan fingerprint density at radius 2 is 2.04 bits per heavy atom. The smallest absolute Gasteiger partial charge is 0.353 e. The first-order valence-corrected chi connectivity index (χ1v) is 11.4. The number of halogens is 1. The summed E-state index contributed by atoms with van der Waals surface area (Å²) in [7, 11) is 0.131. The second kappa shape index (κ2) is 8.42. The summed E-state index contributed by atoms with van der Waals surface area (Å²) >= 11 is 6.37. The summed E-state index contributed by atoms with van der Waals surface area (Å²) in [5, 5.41) is 3.49. The van der Waals surface area contributed by atoms with Gasteiger partial charge in [0.25, 0.3) is 0 Å². The quantitative estimate of drug-likeness (QED) is 0.344. The van der Waals surface area contributed by atoms with Gasteiger partial charge < -0.3 is 9.16 Å². The molecule has 24 heavy (non-hydrogen) atoms. The molecule has 1 aromatic rings. The number of carbonyl (C=O) groups excluding carboxylic acids is 1. The average molecular weight is 373 g/mol. The van der Waals surface area contributed by atoms with Gasteiger partial charge in [-0.25, -0.2) is 9.78 Å². The Labute approximate surface area is 151 Å². The standard InChI is InChI=1S/C17H29ClN2O3Si/c1-8-22-15(21)17(19-5,23-24(6)7)13(16(2,3)4)12-10-9-11-20-14(12)18/h9-11,13,19,24H,8H2,1-7H3. The summed E-state index contributed by atoms with van der Waals surface area (Å²) in [5.74, 6) is -0.793. The Morgan fingerprint density at radius 3 is 2.46 bits per heavy atom. The van der Waals surface area contributed by atoms with Crippen LogP contribution in [-0.4, -0.2) is 39.4 Å². The maximum absolute atomic E-state index is 13.0. The average Bonchev–Trinajstić information content (AvgIpc) is 2.46. The van der Waals surface area contributed by atoms with Gasteiger partial charge in [0.1, 0.15) is 5.15 Å². The van der Waals surface area contributed by atoms with Crippen LogP contribution in [-0.2, 0) is 14.0 Å². The van der Waals surface area contributed by atoms with E-state index in [9.17, 15) is 4.79 Å². The van der Waals surface area contributed by atoms with E-state index in [2.05, 4.69) is 31.1 Å². The lowest BCUT2D eigenvalue weighted by Crippen LogP contribution is -2.62. The van der Waals surface area contributed by atoms with Crippen molar-refractivity contribution in [3.8, 4) is 0 Å². The van der Waals surface area contributed by atoms with Crippen LogP contribution in [0, 0.1) is 5.41 Å². The molecule has 1 heterocycles. The van der Waals surface area contributed by atoms with Crippen molar-refractivity contribution >= 4 is 26.6 Å². The molecule has 0 spiro atoms. The molecule has 2 atom stereocenters. The van der Waals surface area contributed by atoms with Gasteiger partial charge in [0.05, 0.1) is 6.61 Å². The van der Waals surface area contributed by atoms with Gasteiger partial charge in [0, 0.05) is 12.1 Å². The molecule has 1 N–H and O–H groups in total. The fourth-order valence-electron chi connectivity index (χ4n) is 3.06. The normalized spacial score (nSPS) is 15.9. The first-order chi connectivity index (χ1) is 11.1. The first kappa shape index (κ1) is 21.1. The summed E-state index contributed by atoms with van der Waals surface area (Å²) in [6.07, 6.45) is 1.63. The highest BCUT2D eigenvalue weighted by molar-refractivity contribution is 6.48. The van der Waals surface area contributed by atoms with Crippen LogP contribution in [0.5, 0.6) is 0 Å². The Kier molecular flexibility index (Phi) is 7.40. The van der Waals surface area contributed by atoms with Crippen LogP contribution in [0.4, 0.5) is 0 Å². The van der Waals surface area contributed by atoms with Crippen LogP contribution in [0.1, 0.15) is 39.2 Å². The zero-order chi connectivity index (χ0) is 18.5. The zero-order valence-corrected chi connectivity index (χ0v) is 17.6. The molecule has 0 aliphatic carbocycles. The lowest BCUT2D eigenvalue weighted by molar-refractivity contribution is -0.171. The second-order valence-corrected chi connectivity index (χ2v) is 9.75. The van der Waals surface area contributed by atoms with Gasteiger partial charge in [-0.2, -0.15) is 0 Å². The van der Waals surface area contributed by atoms with Gasteiger partial charge in [0.15, 0.2) is 9.04 Å². The molecule has 1 aromatic heterocycles. The summed E-state index contributed by atoms with van der Waals surface area (Å²) in [6, 6.07) is 3.71. The first-order valence-electron chi connectivity index (χ1n) is 8.24. The van der Waals surface area contributed by atoms with Crippen LogP contribution in [0.25, 0.3) is 0 Å². The summed E-state index contributed by atoms with van der Waals surface area (Å²) < 4.78 is 11.6. The maximum atomic E-state index is 13.0. The fourth-order valence-corrected chi connectivity index (χ4v) is 4.38. The Hall–Kier alpha value is -0.953. The molecular formula is C17H29ClN2O3Si. The molecule has 136 valence electrons. The fraction of sp³-hybridized carbons (Fsp3) is 0.647. The van der Waals surface area contributed by atoms with E-state index in [0.29, 0.717) is 5.15 Å². The summed E-state index contributed by atoms with van der Waals surface area (Å²) in [6.45, 7) is 12.3. The Morgan fingerprint density at radius 1 is 1.42 bits per heavy atom. The lowest BCUT2D eigenvalue weighted by Gasteiger charge is -2.46. The monoisotopic (exact) mass is 372 g/mol. The van der Waals surface area contributed by atoms with Crippen LogP contribution < -0.4 is 5.32 Å². The molecule has 7 heteroatoms. The second-order valence-electron chi connectivity index (χ2n) is 7.06. The zero-order valence-electron chi connectivity index (χ0n) is 15.6. The Balaban J connectivity index is 3.63. The number of esters is 1. The number of carbonyl (C=O) groups is 1. The number of rotatable bonds is 7. The van der Waals surface area contributed by atoms with Gasteiger partial charge in [-0.3, -0.25) is 5.32 Å². The molecule has 5 nitrogen and oxygen atoms in total. The highest BCUT2D eigenvalue weighted by Gasteiger charge is 2.53. The molecule has 0 aliphatic heterocycles. The van der Waals surface area contributed by atoms with E-state index in [1.54, 1.807) is 20.2 Å². The Bertz CT molecular complexity index is 563. The number of pyridine rings is 1. The van der Waals surface area contributed by atoms with Crippen LogP contribution >= 0.6 is 11.6 Å². The molecule has 0 aromatic carbocycles. The predicted molar refractivity (Wildman–Crippen MR) is 99.8 cm³/mol. The number of nitrogens with one attached hydrogen (secondary N) is 1. The van der Waals surface area contributed by atoms with Crippen molar-refractivity contribution < 1.29 is 14.0 Å². The van der Waals surface area contributed by atoms with E-state index in [0.717, 1.165) is 5.56 Å². The van der Waals surface area contributed by atoms with Gasteiger partial charge in [-0.1, -0.05) is 38.4 Å². The molecule has 0 amide bonds. The van der Waals surface area contributed by atoms with E-state index < -0.39 is 20.7 Å². The number of hydrogen-bond donors (Lipinski definition) is 1. The van der Waals surface area contributed by atoms with E-state index in [1.165, 1.54) is 0 Å². The third-order valence-electron chi connectivity index (χ3n) is 3.74. The topological polar surface area (TPSA) is 60.5 Å². The van der Waals surface area contributed by atoms with E-state index >= 15 is 0 Å². The van der Waals surface area contributed by atoms with Crippen molar-refractivity contribution in [2.24, 2.45) is 5.41 Å². The molecule has 0 bridgehead atoms. The van der Waals surface area contributed by atoms with Crippen molar-refractivity contribution in [2.45, 2.75) is 52.4 Å². The number of aromatic nitrogens is 1. The molecule has 0 saturated heterocycles. The van der Waals surface area contributed by atoms with E-state index in [-0.39, 0.29) is 17.9 Å². The molecule has 0 saturated carbocycles. The van der Waals surface area contributed by atoms with Crippen molar-refractivity contribution in [1.29, 1.82) is 0 Å². The highest BCUT2D eigenvalue weighted by atomic mass is 35.5. The lowest BCUT2D eigenvalue weighted by atomic mass is 9.70. The largest absolute Gasteiger partial charge is 0.463 e. The summed E-state index contributed by atoms with van der Waals surface area (Å²) in [4.78, 5) is 17.1. The van der Waals surface area contributed by atoms with E-state index in [4.69, 9.17) is 20.8 Å². The van der Waals surface area contributed by atoms with E-state index in [1.807, 2.05) is 25.2 Å². The molecule has 1 rings (SSSR count).